The Bertz CT molecular complexity index is 440. The van der Waals surface area contributed by atoms with Gasteiger partial charge in [-0.15, -0.1) is 0 Å². The number of benzene rings is 1. The molecule has 4 heteroatoms. The van der Waals surface area contributed by atoms with Crippen LogP contribution < -0.4 is 5.32 Å². The number of carboxylic acids is 1. The Balaban J connectivity index is 2.64. The topological polar surface area (TPSA) is 66.4 Å². The highest BCUT2D eigenvalue weighted by atomic mass is 16.4. The number of unbranched alkanes of at least 4 members (excludes halogenated alkanes) is 1. The zero-order valence-electron chi connectivity index (χ0n) is 12.2. The van der Waals surface area contributed by atoms with Crippen LogP contribution in [-0.2, 0) is 11.2 Å². The van der Waals surface area contributed by atoms with Gasteiger partial charge >= 0.3 is 5.97 Å². The quantitative estimate of drug-likeness (QED) is 0.767. The minimum atomic E-state index is -0.986. The third-order valence-electron chi connectivity index (χ3n) is 3.22. The lowest BCUT2D eigenvalue weighted by Gasteiger charge is -2.13. The monoisotopic (exact) mass is 277 g/mol. The van der Waals surface area contributed by atoms with Crippen molar-refractivity contribution in [1.82, 2.24) is 5.32 Å². The van der Waals surface area contributed by atoms with Crippen LogP contribution in [-0.4, -0.2) is 23.0 Å². The summed E-state index contributed by atoms with van der Waals surface area (Å²) in [5, 5.41) is 11.6. The maximum absolute atomic E-state index is 12.0. The van der Waals surface area contributed by atoms with Crippen LogP contribution in [0.4, 0.5) is 0 Å². The number of amides is 1. The highest BCUT2D eigenvalue weighted by Crippen LogP contribution is 2.09. The number of carboxylic acid groups (broad SMARTS) is 1. The highest BCUT2D eigenvalue weighted by molar-refractivity contribution is 5.96. The standard InChI is InChI=1S/C16H23NO3/c1-3-5-7-12-8-10-13(11-9-12)15(18)17-14(6-4-2)16(19)20/h8-11,14H,3-7H2,1-2H3,(H,17,18)(H,19,20)/t14-/m0/s1. The molecule has 1 aromatic rings. The van der Waals surface area contributed by atoms with Gasteiger partial charge in [-0.25, -0.2) is 4.79 Å². The maximum Gasteiger partial charge on any atom is 0.326 e. The number of nitrogens with one attached hydrogen (secondary N) is 1. The van der Waals surface area contributed by atoms with Gasteiger partial charge in [0.15, 0.2) is 0 Å². The summed E-state index contributed by atoms with van der Waals surface area (Å²) in [5.74, 6) is -1.31. The fourth-order valence-corrected chi connectivity index (χ4v) is 1.99. The van der Waals surface area contributed by atoms with E-state index in [2.05, 4.69) is 12.2 Å². The summed E-state index contributed by atoms with van der Waals surface area (Å²) in [6.45, 7) is 4.03. The second kappa shape index (κ2) is 8.35. The van der Waals surface area contributed by atoms with Crippen molar-refractivity contribution in [2.45, 2.75) is 52.0 Å². The van der Waals surface area contributed by atoms with Gasteiger partial charge in [-0.1, -0.05) is 38.8 Å². The van der Waals surface area contributed by atoms with Gasteiger partial charge in [-0.05, 0) is 37.0 Å². The molecule has 1 aromatic carbocycles. The first-order valence-corrected chi connectivity index (χ1v) is 7.21. The zero-order valence-corrected chi connectivity index (χ0v) is 12.2. The Morgan fingerprint density at radius 2 is 1.80 bits per heavy atom. The predicted octanol–water partition coefficient (Wildman–Crippen LogP) is 3.01. The van der Waals surface area contributed by atoms with Crippen LogP contribution >= 0.6 is 0 Å². The molecule has 4 nitrogen and oxygen atoms in total. The molecule has 0 radical (unpaired) electrons. The molecule has 1 amide bonds. The maximum atomic E-state index is 12.0. The van der Waals surface area contributed by atoms with Crippen LogP contribution in [0.25, 0.3) is 0 Å². The summed E-state index contributed by atoms with van der Waals surface area (Å²) in [5.41, 5.74) is 1.71. The Kier molecular flexibility index (Phi) is 6.77. The summed E-state index contributed by atoms with van der Waals surface area (Å²) < 4.78 is 0. The molecule has 1 atom stereocenters. The molecule has 0 aliphatic carbocycles. The van der Waals surface area contributed by atoms with Crippen LogP contribution in [0.5, 0.6) is 0 Å². The van der Waals surface area contributed by atoms with Crippen molar-refractivity contribution in [3.63, 3.8) is 0 Å². The molecule has 0 unspecified atom stereocenters. The van der Waals surface area contributed by atoms with E-state index in [9.17, 15) is 9.59 Å². The molecule has 20 heavy (non-hydrogen) atoms. The van der Waals surface area contributed by atoms with Crippen LogP contribution in [0.3, 0.4) is 0 Å². The first-order chi connectivity index (χ1) is 9.58. The van der Waals surface area contributed by atoms with E-state index >= 15 is 0 Å². The summed E-state index contributed by atoms with van der Waals surface area (Å²) in [7, 11) is 0. The number of aryl methyl sites for hydroxylation is 1. The lowest BCUT2D eigenvalue weighted by Crippen LogP contribution is -2.40. The van der Waals surface area contributed by atoms with Crippen molar-refractivity contribution in [2.75, 3.05) is 0 Å². The smallest absolute Gasteiger partial charge is 0.326 e. The van der Waals surface area contributed by atoms with Gasteiger partial charge in [0.1, 0.15) is 6.04 Å². The first-order valence-electron chi connectivity index (χ1n) is 7.21. The molecule has 0 aliphatic rings. The van der Waals surface area contributed by atoms with Gasteiger partial charge in [0.2, 0.25) is 0 Å². The van der Waals surface area contributed by atoms with Crippen LogP contribution in [0, 0.1) is 0 Å². The van der Waals surface area contributed by atoms with Gasteiger partial charge < -0.3 is 10.4 Å². The van der Waals surface area contributed by atoms with Crippen molar-refractivity contribution in [3.05, 3.63) is 35.4 Å². The second-order valence-electron chi connectivity index (χ2n) is 4.95. The lowest BCUT2D eigenvalue weighted by atomic mass is 10.1. The molecule has 0 aromatic heterocycles. The Labute approximate surface area is 120 Å². The average Bonchev–Trinajstić information content (AvgIpc) is 2.45. The van der Waals surface area contributed by atoms with Crippen molar-refractivity contribution in [1.29, 1.82) is 0 Å². The van der Waals surface area contributed by atoms with Crippen molar-refractivity contribution >= 4 is 11.9 Å². The average molecular weight is 277 g/mol. The minimum Gasteiger partial charge on any atom is -0.480 e. The van der Waals surface area contributed by atoms with E-state index in [1.54, 1.807) is 12.1 Å². The molecular weight excluding hydrogens is 254 g/mol. The highest BCUT2D eigenvalue weighted by Gasteiger charge is 2.19. The van der Waals surface area contributed by atoms with E-state index in [1.807, 2.05) is 19.1 Å². The van der Waals surface area contributed by atoms with Gasteiger partial charge in [-0.2, -0.15) is 0 Å². The first kappa shape index (κ1) is 16.2. The molecule has 0 heterocycles. The lowest BCUT2D eigenvalue weighted by molar-refractivity contribution is -0.139. The fraction of sp³-hybridized carbons (Fsp3) is 0.500. The van der Waals surface area contributed by atoms with E-state index in [0.717, 1.165) is 19.3 Å². The number of hydrogen-bond acceptors (Lipinski definition) is 2. The van der Waals surface area contributed by atoms with Crippen molar-refractivity contribution < 1.29 is 14.7 Å². The van der Waals surface area contributed by atoms with E-state index in [4.69, 9.17) is 5.11 Å². The SMILES string of the molecule is CCCCc1ccc(C(=O)N[C@@H](CCC)C(=O)O)cc1. The van der Waals surface area contributed by atoms with E-state index in [0.29, 0.717) is 18.4 Å². The zero-order chi connectivity index (χ0) is 15.0. The molecule has 2 N–H and O–H groups in total. The Morgan fingerprint density at radius 3 is 2.30 bits per heavy atom. The van der Waals surface area contributed by atoms with Crippen LogP contribution in [0.1, 0.15) is 55.5 Å². The Morgan fingerprint density at radius 1 is 1.15 bits per heavy atom. The summed E-state index contributed by atoms with van der Waals surface area (Å²) >= 11 is 0. The molecule has 0 fully saturated rings. The largest absolute Gasteiger partial charge is 0.480 e. The van der Waals surface area contributed by atoms with Gasteiger partial charge in [0.05, 0.1) is 0 Å². The molecular formula is C16H23NO3. The van der Waals surface area contributed by atoms with Gasteiger partial charge in [0, 0.05) is 5.56 Å². The third kappa shape index (κ3) is 5.03. The normalized spacial score (nSPS) is 11.9. The van der Waals surface area contributed by atoms with E-state index in [-0.39, 0.29) is 5.91 Å². The molecule has 0 saturated heterocycles. The molecule has 1 rings (SSSR count). The summed E-state index contributed by atoms with van der Waals surface area (Å²) in [4.78, 5) is 23.0. The van der Waals surface area contributed by atoms with Crippen molar-refractivity contribution in [2.24, 2.45) is 0 Å². The summed E-state index contributed by atoms with van der Waals surface area (Å²) in [6.07, 6.45) is 4.43. The van der Waals surface area contributed by atoms with Crippen LogP contribution in [0.2, 0.25) is 0 Å². The number of carbonyl (C=O) groups is 2. The number of aliphatic carboxylic acids is 1. The number of hydrogen-bond donors (Lipinski definition) is 2. The number of carbonyl (C=O) groups excluding carboxylic acids is 1. The number of rotatable bonds is 8. The van der Waals surface area contributed by atoms with Crippen LogP contribution in [0.15, 0.2) is 24.3 Å². The molecule has 0 aliphatic heterocycles. The molecule has 110 valence electrons. The predicted molar refractivity (Wildman–Crippen MR) is 78.9 cm³/mol. The molecule has 0 spiro atoms. The van der Waals surface area contributed by atoms with E-state index < -0.39 is 12.0 Å². The molecule has 0 bridgehead atoms. The fourth-order valence-electron chi connectivity index (χ4n) is 1.99. The third-order valence-corrected chi connectivity index (χ3v) is 3.22. The second-order valence-corrected chi connectivity index (χ2v) is 4.95. The minimum absolute atomic E-state index is 0.326. The Hall–Kier alpha value is -1.84. The summed E-state index contributed by atoms with van der Waals surface area (Å²) in [6, 6.07) is 6.56. The molecule has 0 saturated carbocycles. The van der Waals surface area contributed by atoms with E-state index in [1.165, 1.54) is 5.56 Å². The van der Waals surface area contributed by atoms with Crippen molar-refractivity contribution in [3.8, 4) is 0 Å². The van der Waals surface area contributed by atoms with Gasteiger partial charge in [-0.3, -0.25) is 4.79 Å². The van der Waals surface area contributed by atoms with Gasteiger partial charge in [0.25, 0.3) is 5.91 Å².